The van der Waals surface area contributed by atoms with Gasteiger partial charge in [-0.2, -0.15) is 8.78 Å². The fraction of sp³-hybridized carbons (Fsp3) is 0.167. The van der Waals surface area contributed by atoms with Crippen molar-refractivity contribution in [2.24, 2.45) is 0 Å². The van der Waals surface area contributed by atoms with Crippen LogP contribution in [0.25, 0.3) is 6.08 Å². The van der Waals surface area contributed by atoms with Crippen molar-refractivity contribution >= 4 is 28.1 Å². The molecule has 0 aliphatic heterocycles. The summed E-state index contributed by atoms with van der Waals surface area (Å²) in [5.74, 6) is -3.85. The Bertz CT molecular complexity index is 680. The third kappa shape index (κ3) is 4.33. The van der Waals surface area contributed by atoms with Gasteiger partial charge in [-0.1, -0.05) is 24.8 Å². The number of hydrogen-bond donors (Lipinski definition) is 0. The highest BCUT2D eigenvalue weighted by atomic mass is 32.2. The first kappa shape index (κ1) is 17.7. The van der Waals surface area contributed by atoms with E-state index in [1.54, 1.807) is 12.1 Å². The molecule has 1 aromatic carbocycles. The van der Waals surface area contributed by atoms with Crippen LogP contribution in [0.4, 0.5) is 8.78 Å². The largest absolute Gasteiger partial charge is 0.743 e. The van der Waals surface area contributed by atoms with Gasteiger partial charge in [0.25, 0.3) is 0 Å². The summed E-state index contributed by atoms with van der Waals surface area (Å²) in [5.41, 5.74) is 0.728. The van der Waals surface area contributed by atoms with Crippen LogP contribution < -0.4 is 4.74 Å². The van der Waals surface area contributed by atoms with E-state index in [9.17, 15) is 31.3 Å². The van der Waals surface area contributed by atoms with E-state index in [-0.39, 0.29) is 5.75 Å². The predicted molar refractivity (Wildman–Crippen MR) is 67.8 cm³/mol. The van der Waals surface area contributed by atoms with Gasteiger partial charge in [-0.15, -0.1) is 0 Å². The third-order valence-electron chi connectivity index (χ3n) is 2.22. The molecule has 0 fully saturated rings. The number of alkyl halides is 2. The minimum Gasteiger partial charge on any atom is -0.743 e. The van der Waals surface area contributed by atoms with Crippen molar-refractivity contribution in [3.05, 3.63) is 36.4 Å². The maximum atomic E-state index is 12.7. The van der Waals surface area contributed by atoms with E-state index in [4.69, 9.17) is 0 Å². The van der Waals surface area contributed by atoms with Crippen molar-refractivity contribution in [3.8, 4) is 5.75 Å². The van der Waals surface area contributed by atoms with Gasteiger partial charge in [0.15, 0.2) is 16.7 Å². The van der Waals surface area contributed by atoms with Crippen LogP contribution in [0.3, 0.4) is 0 Å². The van der Waals surface area contributed by atoms with Gasteiger partial charge in [0, 0.05) is 0 Å². The molecule has 0 aliphatic carbocycles. The van der Waals surface area contributed by atoms with Crippen LogP contribution in [0.15, 0.2) is 30.8 Å². The van der Waals surface area contributed by atoms with Crippen molar-refractivity contribution in [3.63, 3.8) is 0 Å². The molecule has 0 N–H and O–H groups in total. The topological polar surface area (TPSA) is 110 Å². The van der Waals surface area contributed by atoms with Crippen molar-refractivity contribution in [2.45, 2.75) is 5.25 Å². The summed E-state index contributed by atoms with van der Waals surface area (Å²) in [6.07, 6.45) is 1.53. The molecule has 0 spiro atoms. The Kier molecular flexibility index (Phi) is 5.33. The highest BCUT2D eigenvalue weighted by molar-refractivity contribution is 7.87. The van der Waals surface area contributed by atoms with Crippen LogP contribution in [0.5, 0.6) is 5.75 Å². The molecule has 7 nitrogen and oxygen atoms in total. The number of benzene rings is 1. The van der Waals surface area contributed by atoms with Crippen LogP contribution in [0.1, 0.15) is 5.56 Å². The number of carbonyl (C=O) groups is 2. The molecule has 0 saturated carbocycles. The van der Waals surface area contributed by atoms with E-state index in [0.717, 1.165) is 5.56 Å². The van der Waals surface area contributed by atoms with Crippen LogP contribution in [-0.4, -0.2) is 36.8 Å². The minimum absolute atomic E-state index is 0.0369. The molecule has 10 heteroatoms. The summed E-state index contributed by atoms with van der Waals surface area (Å²) in [4.78, 5) is 22.0. The molecule has 0 radical (unpaired) electrons. The zero-order valence-electron chi connectivity index (χ0n) is 10.8. The van der Waals surface area contributed by atoms with Gasteiger partial charge in [-0.25, -0.2) is 18.0 Å². The number of halogens is 2. The van der Waals surface area contributed by atoms with E-state index >= 15 is 0 Å². The summed E-state index contributed by atoms with van der Waals surface area (Å²) in [5, 5.41) is -5.28. The lowest BCUT2D eigenvalue weighted by molar-refractivity contribution is -0.166. The Morgan fingerprint density at radius 3 is 2.27 bits per heavy atom. The molecule has 0 atom stereocenters. The number of hydrogen-bond acceptors (Lipinski definition) is 7. The quantitative estimate of drug-likeness (QED) is 0.432. The highest BCUT2D eigenvalue weighted by Gasteiger charge is 2.48. The second-order valence-electron chi connectivity index (χ2n) is 3.79. The molecule has 1 rings (SSSR count). The summed E-state index contributed by atoms with van der Waals surface area (Å²) in [6, 6.07) is 5.82. The predicted octanol–water partition coefficient (Wildman–Crippen LogP) is 0.916. The Balaban J connectivity index is 2.59. The molecule has 0 heterocycles. The molecule has 0 aromatic heterocycles. The van der Waals surface area contributed by atoms with Crippen LogP contribution in [0, 0.1) is 0 Å². The maximum absolute atomic E-state index is 12.7. The maximum Gasteiger partial charge on any atom is 0.428 e. The SMILES string of the molecule is C=Cc1ccc(OC(=O)COC(=O)C(F)(F)S(=O)(=O)[O-])cc1. The van der Waals surface area contributed by atoms with Gasteiger partial charge in [-0.05, 0) is 17.7 Å². The molecule has 0 saturated heterocycles. The smallest absolute Gasteiger partial charge is 0.428 e. The van der Waals surface area contributed by atoms with Crippen molar-refractivity contribution in [1.29, 1.82) is 0 Å². The first-order valence-corrected chi connectivity index (χ1v) is 6.92. The van der Waals surface area contributed by atoms with E-state index in [1.165, 1.54) is 18.2 Å². The molecular formula is C12H9F2O7S-. The van der Waals surface area contributed by atoms with Gasteiger partial charge >= 0.3 is 17.2 Å². The Labute approximate surface area is 123 Å². The standard InChI is InChI=1S/C12H10F2O7S/c1-2-8-3-5-9(6-4-8)21-10(15)7-20-11(16)12(13,14)22(17,18)19/h2-6H,1,7H2,(H,17,18,19)/p-1. The van der Waals surface area contributed by atoms with E-state index in [1.807, 2.05) is 0 Å². The molecule has 1 aromatic rings. The number of esters is 2. The Morgan fingerprint density at radius 2 is 1.82 bits per heavy atom. The number of rotatable bonds is 6. The van der Waals surface area contributed by atoms with Crippen molar-refractivity contribution in [1.82, 2.24) is 0 Å². The molecule has 0 bridgehead atoms. The second-order valence-corrected chi connectivity index (χ2v) is 5.22. The van der Waals surface area contributed by atoms with Gasteiger partial charge in [0.2, 0.25) is 0 Å². The molecule has 0 unspecified atom stereocenters. The number of carbonyl (C=O) groups excluding carboxylic acids is 2. The lowest BCUT2D eigenvalue weighted by Crippen LogP contribution is -2.40. The number of ether oxygens (including phenoxy) is 2. The van der Waals surface area contributed by atoms with Gasteiger partial charge < -0.3 is 14.0 Å². The third-order valence-corrected chi connectivity index (χ3v) is 3.01. The lowest BCUT2D eigenvalue weighted by atomic mass is 10.2. The summed E-state index contributed by atoms with van der Waals surface area (Å²) >= 11 is 0. The monoisotopic (exact) mass is 335 g/mol. The molecule has 0 amide bonds. The summed E-state index contributed by atoms with van der Waals surface area (Å²) in [6.45, 7) is 2.22. The zero-order chi connectivity index (χ0) is 17.0. The first-order chi connectivity index (χ1) is 10.1. The average molecular weight is 335 g/mol. The van der Waals surface area contributed by atoms with Crippen LogP contribution >= 0.6 is 0 Å². The fourth-order valence-electron chi connectivity index (χ4n) is 1.14. The highest BCUT2D eigenvalue weighted by Crippen LogP contribution is 2.22. The Hall–Kier alpha value is -2.33. The minimum atomic E-state index is -6.24. The van der Waals surface area contributed by atoms with Gasteiger partial charge in [0.05, 0.1) is 0 Å². The summed E-state index contributed by atoms with van der Waals surface area (Å²) in [7, 11) is -6.24. The van der Waals surface area contributed by atoms with Crippen LogP contribution in [-0.2, 0) is 24.4 Å². The van der Waals surface area contributed by atoms with E-state index < -0.39 is 33.9 Å². The Morgan fingerprint density at radius 1 is 1.27 bits per heavy atom. The van der Waals surface area contributed by atoms with Gasteiger partial charge in [0.1, 0.15) is 5.75 Å². The lowest BCUT2D eigenvalue weighted by Gasteiger charge is -2.17. The zero-order valence-corrected chi connectivity index (χ0v) is 11.6. The summed E-state index contributed by atoms with van der Waals surface area (Å²) < 4.78 is 64.4. The van der Waals surface area contributed by atoms with Crippen molar-refractivity contribution < 1.29 is 40.8 Å². The van der Waals surface area contributed by atoms with Crippen LogP contribution in [0.2, 0.25) is 0 Å². The molecule has 22 heavy (non-hydrogen) atoms. The average Bonchev–Trinajstić information content (AvgIpc) is 2.44. The second kappa shape index (κ2) is 6.62. The molecular weight excluding hydrogens is 326 g/mol. The normalized spacial score (nSPS) is 11.6. The molecule has 120 valence electrons. The van der Waals surface area contributed by atoms with E-state index in [2.05, 4.69) is 16.1 Å². The fourth-order valence-corrected chi connectivity index (χ4v) is 1.41. The van der Waals surface area contributed by atoms with E-state index in [0.29, 0.717) is 0 Å². The first-order valence-electron chi connectivity index (χ1n) is 5.51. The van der Waals surface area contributed by atoms with Crippen molar-refractivity contribution in [2.75, 3.05) is 6.61 Å². The molecule has 0 aliphatic rings. The van der Waals surface area contributed by atoms with Gasteiger partial charge in [-0.3, -0.25) is 0 Å².